The molecule has 0 saturated heterocycles. The quantitative estimate of drug-likeness (QED) is 0.488. The molecule has 28 heavy (non-hydrogen) atoms. The average Bonchev–Trinajstić information content (AvgIpc) is 2.97. The van der Waals surface area contributed by atoms with Crippen LogP contribution in [0.15, 0.2) is 83.5 Å². The molecule has 1 aliphatic heterocycles. The Balaban J connectivity index is 1.60. The Morgan fingerprint density at radius 1 is 0.929 bits per heavy atom. The Morgan fingerprint density at radius 2 is 1.64 bits per heavy atom. The highest BCUT2D eigenvalue weighted by molar-refractivity contribution is 7.87. The van der Waals surface area contributed by atoms with Gasteiger partial charge in [-0.05, 0) is 48.0 Å². The number of hydrogen-bond donors (Lipinski definition) is 0. The summed E-state index contributed by atoms with van der Waals surface area (Å²) in [6.45, 7) is 0. The van der Waals surface area contributed by atoms with E-state index < -0.39 is 15.9 Å². The molecule has 1 heterocycles. The summed E-state index contributed by atoms with van der Waals surface area (Å²) in [7, 11) is -4.14. The lowest BCUT2D eigenvalue weighted by molar-refractivity contribution is 0.101. The number of ether oxygens (including phenoxy) is 1. The first-order valence-electron chi connectivity index (χ1n) is 8.26. The highest BCUT2D eigenvalue weighted by Crippen LogP contribution is 2.35. The van der Waals surface area contributed by atoms with E-state index in [9.17, 15) is 17.6 Å². The van der Waals surface area contributed by atoms with E-state index in [-0.39, 0.29) is 27.9 Å². The average molecular weight is 396 g/mol. The highest BCUT2D eigenvalue weighted by Gasteiger charge is 2.28. The molecule has 4 rings (SSSR count). The van der Waals surface area contributed by atoms with Crippen LogP contribution < -0.4 is 8.92 Å². The van der Waals surface area contributed by atoms with Gasteiger partial charge in [0.1, 0.15) is 22.2 Å². The molecule has 0 aromatic heterocycles. The second-order valence-electron chi connectivity index (χ2n) is 6.00. The Kier molecular flexibility index (Phi) is 4.44. The minimum atomic E-state index is -4.14. The molecule has 140 valence electrons. The van der Waals surface area contributed by atoms with Crippen LogP contribution in [-0.4, -0.2) is 14.2 Å². The molecule has 0 atom stereocenters. The first kappa shape index (κ1) is 17.9. The molecule has 0 spiro atoms. The summed E-state index contributed by atoms with van der Waals surface area (Å²) in [6.07, 6.45) is 1.61. The lowest BCUT2D eigenvalue weighted by Gasteiger charge is -2.07. The van der Waals surface area contributed by atoms with E-state index >= 15 is 0 Å². The van der Waals surface area contributed by atoms with Crippen LogP contribution in [-0.2, 0) is 10.1 Å². The molecule has 0 N–H and O–H groups in total. The number of carbonyl (C=O) groups is 1. The molecule has 7 heteroatoms. The van der Waals surface area contributed by atoms with Gasteiger partial charge in [0.2, 0.25) is 5.78 Å². The third kappa shape index (κ3) is 3.52. The monoisotopic (exact) mass is 396 g/mol. The minimum absolute atomic E-state index is 0.0168. The number of halogens is 1. The van der Waals surface area contributed by atoms with Crippen molar-refractivity contribution in [3.63, 3.8) is 0 Å². The molecule has 0 unspecified atom stereocenters. The number of hydrogen-bond acceptors (Lipinski definition) is 5. The number of benzene rings is 3. The Hall–Kier alpha value is -3.45. The highest BCUT2D eigenvalue weighted by atomic mass is 32.2. The fourth-order valence-corrected chi connectivity index (χ4v) is 3.62. The molecule has 0 bridgehead atoms. The Labute approximate surface area is 160 Å². The van der Waals surface area contributed by atoms with Crippen LogP contribution in [0.25, 0.3) is 6.08 Å². The maximum absolute atomic E-state index is 13.0. The molecule has 0 fully saturated rings. The largest absolute Gasteiger partial charge is 0.452 e. The molecule has 3 aromatic carbocycles. The van der Waals surface area contributed by atoms with Crippen molar-refractivity contribution < 1.29 is 26.5 Å². The van der Waals surface area contributed by atoms with E-state index in [2.05, 4.69) is 0 Å². The Bertz CT molecular complexity index is 1180. The van der Waals surface area contributed by atoms with Crippen molar-refractivity contribution in [1.29, 1.82) is 0 Å². The van der Waals surface area contributed by atoms with Crippen LogP contribution in [0.3, 0.4) is 0 Å². The molecule has 3 aromatic rings. The standard InChI is InChI=1S/C21H13FO5S/c22-15-6-9-17(10-7-15)28(24,25)27-16-8-11-18-19(13-16)26-20(21(18)23)12-14-4-2-1-3-5-14/h1-13H/b20-12-. The smallest absolute Gasteiger partial charge is 0.339 e. The molecule has 0 radical (unpaired) electrons. The zero-order chi connectivity index (χ0) is 19.7. The van der Waals surface area contributed by atoms with E-state index in [4.69, 9.17) is 8.92 Å². The summed E-state index contributed by atoms with van der Waals surface area (Å²) in [5.74, 6) is -0.525. The summed E-state index contributed by atoms with van der Waals surface area (Å²) < 4.78 is 48.3. The van der Waals surface area contributed by atoms with Gasteiger partial charge in [-0.15, -0.1) is 0 Å². The molecular formula is C21H13FO5S. The van der Waals surface area contributed by atoms with Crippen molar-refractivity contribution in [1.82, 2.24) is 0 Å². The third-order valence-corrected chi connectivity index (χ3v) is 5.31. The summed E-state index contributed by atoms with van der Waals surface area (Å²) in [4.78, 5) is 12.3. The van der Waals surface area contributed by atoms with E-state index in [0.29, 0.717) is 5.56 Å². The van der Waals surface area contributed by atoms with Crippen LogP contribution >= 0.6 is 0 Å². The first-order chi connectivity index (χ1) is 13.4. The van der Waals surface area contributed by atoms with Crippen molar-refractivity contribution in [2.24, 2.45) is 0 Å². The maximum atomic E-state index is 13.0. The topological polar surface area (TPSA) is 69.7 Å². The molecule has 0 saturated carbocycles. The van der Waals surface area contributed by atoms with Crippen molar-refractivity contribution in [2.75, 3.05) is 0 Å². The van der Waals surface area contributed by atoms with Gasteiger partial charge < -0.3 is 8.92 Å². The van der Waals surface area contributed by atoms with E-state index in [1.54, 1.807) is 6.08 Å². The van der Waals surface area contributed by atoms with Gasteiger partial charge >= 0.3 is 10.1 Å². The van der Waals surface area contributed by atoms with Crippen molar-refractivity contribution in [3.8, 4) is 11.5 Å². The fourth-order valence-electron chi connectivity index (χ4n) is 2.70. The van der Waals surface area contributed by atoms with Crippen molar-refractivity contribution >= 4 is 22.0 Å². The van der Waals surface area contributed by atoms with Gasteiger partial charge in [-0.2, -0.15) is 8.42 Å². The van der Waals surface area contributed by atoms with Crippen LogP contribution in [0.4, 0.5) is 4.39 Å². The van der Waals surface area contributed by atoms with Gasteiger partial charge in [0.15, 0.2) is 5.76 Å². The van der Waals surface area contributed by atoms with Gasteiger partial charge in [0.05, 0.1) is 5.56 Å². The van der Waals surface area contributed by atoms with Gasteiger partial charge in [0, 0.05) is 6.07 Å². The van der Waals surface area contributed by atoms with Gasteiger partial charge in [-0.25, -0.2) is 4.39 Å². The fraction of sp³-hybridized carbons (Fsp3) is 0. The number of fused-ring (bicyclic) bond motifs is 1. The summed E-state index contributed by atoms with van der Waals surface area (Å²) in [6, 6.07) is 17.6. The zero-order valence-corrected chi connectivity index (χ0v) is 15.1. The van der Waals surface area contributed by atoms with Crippen LogP contribution in [0, 0.1) is 5.82 Å². The maximum Gasteiger partial charge on any atom is 0.339 e. The van der Waals surface area contributed by atoms with E-state index in [0.717, 1.165) is 29.8 Å². The zero-order valence-electron chi connectivity index (χ0n) is 14.3. The second-order valence-corrected chi connectivity index (χ2v) is 7.55. The lowest BCUT2D eigenvalue weighted by Crippen LogP contribution is -2.09. The summed E-state index contributed by atoms with van der Waals surface area (Å²) in [5, 5.41) is 0. The van der Waals surface area contributed by atoms with Crippen molar-refractivity contribution in [3.05, 3.63) is 95.5 Å². The molecule has 0 amide bonds. The molecular weight excluding hydrogens is 383 g/mol. The normalized spacial score (nSPS) is 14.6. The SMILES string of the molecule is O=C1/C(=C/c2ccccc2)Oc2cc(OS(=O)(=O)c3ccc(F)cc3)ccc21. The summed E-state index contributed by atoms with van der Waals surface area (Å²) >= 11 is 0. The van der Waals surface area contributed by atoms with E-state index in [1.165, 1.54) is 18.2 Å². The van der Waals surface area contributed by atoms with Crippen molar-refractivity contribution in [2.45, 2.75) is 4.90 Å². The number of carbonyl (C=O) groups excluding carboxylic acids is 1. The minimum Gasteiger partial charge on any atom is -0.452 e. The van der Waals surface area contributed by atoms with Gasteiger partial charge in [-0.3, -0.25) is 4.79 Å². The number of allylic oxidation sites excluding steroid dienone is 1. The van der Waals surface area contributed by atoms with Crippen LogP contribution in [0.2, 0.25) is 0 Å². The summed E-state index contributed by atoms with van der Waals surface area (Å²) in [5.41, 5.74) is 1.11. The second kappa shape index (κ2) is 6.94. The Morgan fingerprint density at radius 3 is 2.36 bits per heavy atom. The molecule has 1 aliphatic rings. The lowest BCUT2D eigenvalue weighted by atomic mass is 10.1. The molecule has 5 nitrogen and oxygen atoms in total. The van der Waals surface area contributed by atoms with Crippen LogP contribution in [0.5, 0.6) is 11.5 Å². The van der Waals surface area contributed by atoms with Gasteiger partial charge in [0.25, 0.3) is 0 Å². The predicted octanol–water partition coefficient (Wildman–Crippen LogP) is 4.21. The van der Waals surface area contributed by atoms with Gasteiger partial charge in [-0.1, -0.05) is 30.3 Å². The number of Topliss-reactive ketones (excluding diaryl/α,β-unsaturated/α-hetero) is 1. The number of ketones is 1. The predicted molar refractivity (Wildman–Crippen MR) is 100 cm³/mol. The van der Waals surface area contributed by atoms with Crippen LogP contribution in [0.1, 0.15) is 15.9 Å². The molecule has 0 aliphatic carbocycles. The number of rotatable bonds is 4. The van der Waals surface area contributed by atoms with E-state index in [1.807, 2.05) is 30.3 Å². The third-order valence-electron chi connectivity index (χ3n) is 4.05. The first-order valence-corrected chi connectivity index (χ1v) is 9.67.